The second-order valence-corrected chi connectivity index (χ2v) is 5.59. The summed E-state index contributed by atoms with van der Waals surface area (Å²) in [5.74, 6) is -2.99. The predicted octanol–water partition coefficient (Wildman–Crippen LogP) is 1.06. The molecule has 21 heavy (non-hydrogen) atoms. The number of rotatable bonds is 4. The highest BCUT2D eigenvalue weighted by Gasteiger charge is 2.59. The van der Waals surface area contributed by atoms with Crippen LogP contribution in [-0.4, -0.2) is 36.7 Å². The second kappa shape index (κ2) is 5.95. The quantitative estimate of drug-likeness (QED) is 0.569. The van der Waals surface area contributed by atoms with Gasteiger partial charge in [0, 0.05) is 12.3 Å². The van der Waals surface area contributed by atoms with Crippen LogP contribution in [0.1, 0.15) is 39.5 Å². The van der Waals surface area contributed by atoms with Crippen molar-refractivity contribution in [2.24, 2.45) is 17.3 Å². The maximum absolute atomic E-state index is 12.3. The van der Waals surface area contributed by atoms with Gasteiger partial charge in [-0.2, -0.15) is 0 Å². The molecule has 2 aliphatic rings. The van der Waals surface area contributed by atoms with Gasteiger partial charge in [0.2, 0.25) is 0 Å². The number of Topliss-reactive ketones (excluding diaryl/α,β-unsaturated/α-hetero) is 2. The summed E-state index contributed by atoms with van der Waals surface area (Å²) in [4.78, 5) is 48.8. The van der Waals surface area contributed by atoms with Gasteiger partial charge in [0.1, 0.15) is 11.6 Å². The number of carbonyl (C=O) groups excluding carboxylic acids is 4. The van der Waals surface area contributed by atoms with Gasteiger partial charge in [0.05, 0.1) is 19.1 Å². The molecule has 6 heteroatoms. The van der Waals surface area contributed by atoms with E-state index < -0.39 is 29.2 Å². The lowest BCUT2D eigenvalue weighted by Crippen LogP contribution is -2.54. The van der Waals surface area contributed by atoms with Gasteiger partial charge < -0.3 is 9.47 Å². The van der Waals surface area contributed by atoms with Crippen LogP contribution >= 0.6 is 0 Å². The molecule has 0 spiro atoms. The highest BCUT2D eigenvalue weighted by molar-refractivity contribution is 6.10. The minimum absolute atomic E-state index is 0.0906. The Hall–Kier alpha value is -1.72. The third-order valence-electron chi connectivity index (χ3n) is 4.35. The fourth-order valence-electron chi connectivity index (χ4n) is 3.30. The SMILES string of the molecule is CCOC(=O)C1(C(=O)OCC)C[C@@H]2CCC(=O)[C@@H](C1)C2=O. The predicted molar refractivity (Wildman–Crippen MR) is 71.2 cm³/mol. The first-order valence-corrected chi connectivity index (χ1v) is 7.37. The third-order valence-corrected chi connectivity index (χ3v) is 4.35. The van der Waals surface area contributed by atoms with E-state index in [2.05, 4.69) is 0 Å². The second-order valence-electron chi connectivity index (χ2n) is 5.59. The van der Waals surface area contributed by atoms with Crippen molar-refractivity contribution in [2.45, 2.75) is 39.5 Å². The molecule has 0 aromatic rings. The van der Waals surface area contributed by atoms with Crippen LogP contribution in [0.2, 0.25) is 0 Å². The Bertz CT molecular complexity index is 463. The van der Waals surface area contributed by atoms with E-state index in [4.69, 9.17) is 9.47 Å². The van der Waals surface area contributed by atoms with Gasteiger partial charge in [0.15, 0.2) is 5.41 Å². The van der Waals surface area contributed by atoms with Crippen molar-refractivity contribution in [1.82, 2.24) is 0 Å². The lowest BCUT2D eigenvalue weighted by Gasteiger charge is -2.41. The van der Waals surface area contributed by atoms with Crippen LogP contribution in [0.5, 0.6) is 0 Å². The fourth-order valence-corrected chi connectivity index (χ4v) is 3.30. The van der Waals surface area contributed by atoms with E-state index in [9.17, 15) is 19.2 Å². The minimum atomic E-state index is -1.51. The van der Waals surface area contributed by atoms with E-state index in [1.165, 1.54) is 0 Å². The number of ketones is 2. The molecule has 0 saturated heterocycles. The normalized spacial score (nSPS) is 27.1. The summed E-state index contributed by atoms with van der Waals surface area (Å²) in [5, 5.41) is 0. The zero-order valence-electron chi connectivity index (χ0n) is 12.3. The summed E-state index contributed by atoms with van der Waals surface area (Å²) in [5.41, 5.74) is -1.51. The molecule has 0 heterocycles. The Morgan fingerprint density at radius 1 is 1.10 bits per heavy atom. The lowest BCUT2D eigenvalue weighted by molar-refractivity contribution is -0.179. The van der Waals surface area contributed by atoms with Crippen LogP contribution in [0.25, 0.3) is 0 Å². The van der Waals surface area contributed by atoms with E-state index in [0.29, 0.717) is 12.8 Å². The first kappa shape index (κ1) is 15.7. The molecule has 0 unspecified atom stereocenters. The monoisotopic (exact) mass is 296 g/mol. The van der Waals surface area contributed by atoms with Crippen LogP contribution < -0.4 is 0 Å². The molecule has 2 saturated carbocycles. The molecule has 2 bridgehead atoms. The molecular formula is C15H20O6. The molecule has 0 aromatic heterocycles. The Morgan fingerprint density at radius 2 is 1.67 bits per heavy atom. The molecule has 0 radical (unpaired) electrons. The van der Waals surface area contributed by atoms with Crippen molar-refractivity contribution in [3.8, 4) is 0 Å². The molecule has 0 aromatic carbocycles. The molecule has 2 fully saturated rings. The van der Waals surface area contributed by atoms with Crippen molar-refractivity contribution >= 4 is 23.5 Å². The molecule has 0 N–H and O–H groups in total. The van der Waals surface area contributed by atoms with Crippen molar-refractivity contribution in [3.05, 3.63) is 0 Å². The average Bonchev–Trinajstić information content (AvgIpc) is 2.44. The zero-order chi connectivity index (χ0) is 15.6. The lowest BCUT2D eigenvalue weighted by atomic mass is 9.59. The van der Waals surface area contributed by atoms with E-state index in [-0.39, 0.29) is 37.6 Å². The van der Waals surface area contributed by atoms with Crippen LogP contribution in [0.4, 0.5) is 0 Å². The maximum atomic E-state index is 12.3. The average molecular weight is 296 g/mol. The number of carbonyl (C=O) groups is 4. The zero-order valence-corrected chi connectivity index (χ0v) is 12.3. The van der Waals surface area contributed by atoms with E-state index >= 15 is 0 Å². The molecular weight excluding hydrogens is 276 g/mol. The van der Waals surface area contributed by atoms with Crippen molar-refractivity contribution in [1.29, 1.82) is 0 Å². The number of hydrogen-bond acceptors (Lipinski definition) is 6. The van der Waals surface area contributed by atoms with Crippen LogP contribution in [0.3, 0.4) is 0 Å². The summed E-state index contributed by atoms with van der Waals surface area (Å²) >= 11 is 0. The molecule has 0 amide bonds. The van der Waals surface area contributed by atoms with Crippen molar-refractivity contribution in [2.75, 3.05) is 13.2 Å². The van der Waals surface area contributed by atoms with Crippen LogP contribution in [0, 0.1) is 17.3 Å². The van der Waals surface area contributed by atoms with Gasteiger partial charge in [-0.25, -0.2) is 0 Å². The summed E-state index contributed by atoms with van der Waals surface area (Å²) in [6, 6.07) is 0. The summed E-state index contributed by atoms with van der Waals surface area (Å²) in [7, 11) is 0. The first-order valence-electron chi connectivity index (χ1n) is 7.37. The van der Waals surface area contributed by atoms with Crippen molar-refractivity contribution < 1.29 is 28.7 Å². The van der Waals surface area contributed by atoms with Gasteiger partial charge in [-0.15, -0.1) is 0 Å². The van der Waals surface area contributed by atoms with Crippen molar-refractivity contribution in [3.63, 3.8) is 0 Å². The van der Waals surface area contributed by atoms with Crippen LogP contribution in [-0.2, 0) is 28.7 Å². The number of hydrogen-bond donors (Lipinski definition) is 0. The number of ether oxygens (including phenoxy) is 2. The van der Waals surface area contributed by atoms with Gasteiger partial charge >= 0.3 is 11.9 Å². The molecule has 2 rings (SSSR count). The third kappa shape index (κ3) is 2.59. The van der Waals surface area contributed by atoms with E-state index in [0.717, 1.165) is 0 Å². The maximum Gasteiger partial charge on any atom is 0.323 e. The molecule has 116 valence electrons. The summed E-state index contributed by atoms with van der Waals surface area (Å²) < 4.78 is 10.1. The molecule has 6 nitrogen and oxygen atoms in total. The Balaban J connectivity index is 2.37. The molecule has 0 aliphatic heterocycles. The Morgan fingerprint density at radius 3 is 2.19 bits per heavy atom. The number of fused-ring (bicyclic) bond motifs is 2. The van der Waals surface area contributed by atoms with E-state index in [1.807, 2.05) is 0 Å². The molecule has 2 aliphatic carbocycles. The first-order chi connectivity index (χ1) is 9.96. The van der Waals surface area contributed by atoms with Gasteiger partial charge in [-0.05, 0) is 33.1 Å². The summed E-state index contributed by atoms with van der Waals surface area (Å²) in [6.07, 6.45) is 0.712. The fraction of sp³-hybridized carbons (Fsp3) is 0.733. The standard InChI is InChI=1S/C15H20O6/c1-3-20-13(18)15(14(19)21-4-2)7-9-5-6-11(16)10(8-15)12(9)17/h9-10H,3-8H2,1-2H3/t9-,10+/m0/s1. The van der Waals surface area contributed by atoms with Gasteiger partial charge in [-0.3, -0.25) is 19.2 Å². The van der Waals surface area contributed by atoms with Crippen LogP contribution in [0.15, 0.2) is 0 Å². The Kier molecular flexibility index (Phi) is 4.44. The minimum Gasteiger partial charge on any atom is -0.465 e. The van der Waals surface area contributed by atoms with E-state index in [1.54, 1.807) is 13.8 Å². The molecule has 2 atom stereocenters. The number of esters is 2. The van der Waals surface area contributed by atoms with Gasteiger partial charge in [-0.1, -0.05) is 0 Å². The highest BCUT2D eigenvalue weighted by atomic mass is 16.6. The highest BCUT2D eigenvalue weighted by Crippen LogP contribution is 2.47. The Labute approximate surface area is 123 Å². The van der Waals surface area contributed by atoms with Gasteiger partial charge in [0.25, 0.3) is 0 Å². The summed E-state index contributed by atoms with van der Waals surface area (Å²) in [6.45, 7) is 3.57. The smallest absolute Gasteiger partial charge is 0.323 e. The largest absolute Gasteiger partial charge is 0.465 e. The topological polar surface area (TPSA) is 86.7 Å².